The molecule has 1 amide bonds. The van der Waals surface area contributed by atoms with Crippen molar-refractivity contribution in [3.63, 3.8) is 0 Å². The maximum Gasteiger partial charge on any atom is 0.247 e. The van der Waals surface area contributed by atoms with Gasteiger partial charge in [-0.25, -0.2) is 0 Å². The SMILES string of the molecule is O=C(CN1CCC2(CC1)C(=O)NCN2c1ccccc1)C1CCCC2CCCCC21. The number of benzene rings is 1. The van der Waals surface area contributed by atoms with E-state index in [-0.39, 0.29) is 11.8 Å². The fourth-order valence-corrected chi connectivity index (χ4v) is 6.79. The van der Waals surface area contributed by atoms with Crippen molar-refractivity contribution in [2.45, 2.75) is 63.3 Å². The van der Waals surface area contributed by atoms with Gasteiger partial charge in [0.2, 0.25) is 5.91 Å². The molecule has 1 spiro atoms. The van der Waals surface area contributed by atoms with Crippen LogP contribution in [0, 0.1) is 17.8 Å². The predicted molar refractivity (Wildman–Crippen MR) is 118 cm³/mol. The van der Waals surface area contributed by atoms with Crippen molar-refractivity contribution in [2.24, 2.45) is 17.8 Å². The number of hydrogen-bond donors (Lipinski definition) is 1. The van der Waals surface area contributed by atoms with Gasteiger partial charge in [0.15, 0.2) is 0 Å². The first-order valence-electron chi connectivity index (χ1n) is 12.0. The molecule has 0 aromatic heterocycles. The number of ketones is 1. The standard InChI is InChI=1S/C25H35N3O2/c29-23(22-12-6-8-19-7-4-5-11-21(19)22)17-27-15-13-25(14-16-27)24(30)26-18-28(25)20-9-2-1-3-10-20/h1-3,9-10,19,21-22H,4-8,11-18H2,(H,26,30). The van der Waals surface area contributed by atoms with Crippen LogP contribution in [0.4, 0.5) is 5.69 Å². The molecular formula is C25H35N3O2. The number of Topliss-reactive ketones (excluding diaryl/α,β-unsaturated/α-hetero) is 1. The van der Waals surface area contributed by atoms with E-state index in [1.807, 2.05) is 18.2 Å². The third kappa shape index (κ3) is 3.55. The van der Waals surface area contributed by atoms with Gasteiger partial charge >= 0.3 is 0 Å². The fraction of sp³-hybridized carbons (Fsp3) is 0.680. The van der Waals surface area contributed by atoms with E-state index >= 15 is 0 Å². The third-order valence-electron chi connectivity index (χ3n) is 8.46. The van der Waals surface area contributed by atoms with Crippen molar-refractivity contribution in [3.8, 4) is 0 Å². The monoisotopic (exact) mass is 409 g/mol. The summed E-state index contributed by atoms with van der Waals surface area (Å²) in [5.74, 6) is 2.35. The molecule has 5 rings (SSSR count). The van der Waals surface area contributed by atoms with E-state index in [0.717, 1.165) is 44.0 Å². The molecule has 5 heteroatoms. The van der Waals surface area contributed by atoms with Crippen molar-refractivity contribution >= 4 is 17.4 Å². The van der Waals surface area contributed by atoms with Gasteiger partial charge in [-0.15, -0.1) is 0 Å². The maximum atomic E-state index is 13.3. The molecule has 162 valence electrons. The van der Waals surface area contributed by atoms with Gasteiger partial charge < -0.3 is 10.2 Å². The molecule has 3 atom stereocenters. The molecule has 1 aromatic carbocycles. The number of likely N-dealkylation sites (tertiary alicyclic amines) is 1. The number of carbonyl (C=O) groups excluding carboxylic acids is 2. The van der Waals surface area contributed by atoms with Crippen LogP contribution in [0.3, 0.4) is 0 Å². The van der Waals surface area contributed by atoms with E-state index in [1.54, 1.807) is 0 Å². The van der Waals surface area contributed by atoms with Crippen LogP contribution < -0.4 is 10.2 Å². The van der Waals surface area contributed by atoms with Crippen LogP contribution in [0.1, 0.15) is 57.8 Å². The molecule has 2 saturated heterocycles. The average molecular weight is 410 g/mol. The number of piperidine rings is 1. The number of carbonyl (C=O) groups is 2. The van der Waals surface area contributed by atoms with Gasteiger partial charge in [0.25, 0.3) is 0 Å². The van der Waals surface area contributed by atoms with Crippen LogP contribution in [-0.4, -0.2) is 48.4 Å². The van der Waals surface area contributed by atoms with E-state index in [9.17, 15) is 9.59 Å². The van der Waals surface area contributed by atoms with Gasteiger partial charge in [0.05, 0.1) is 13.2 Å². The van der Waals surface area contributed by atoms with E-state index in [4.69, 9.17) is 0 Å². The Hall–Kier alpha value is -1.88. The Labute approximate surface area is 180 Å². The second-order valence-electron chi connectivity index (χ2n) is 9.95. The first-order valence-corrected chi connectivity index (χ1v) is 12.0. The highest BCUT2D eigenvalue weighted by Gasteiger charge is 2.50. The lowest BCUT2D eigenvalue weighted by atomic mass is 9.64. The topological polar surface area (TPSA) is 52.7 Å². The van der Waals surface area contributed by atoms with E-state index in [2.05, 4.69) is 27.2 Å². The van der Waals surface area contributed by atoms with Gasteiger partial charge in [-0.1, -0.05) is 50.3 Å². The average Bonchev–Trinajstić information content (AvgIpc) is 3.11. The number of anilines is 1. The maximum absolute atomic E-state index is 13.3. The van der Waals surface area contributed by atoms with E-state index < -0.39 is 5.54 Å². The van der Waals surface area contributed by atoms with Crippen LogP contribution in [0.2, 0.25) is 0 Å². The normalized spacial score (nSPS) is 31.4. The number of hydrogen-bond acceptors (Lipinski definition) is 4. The van der Waals surface area contributed by atoms with E-state index in [0.29, 0.717) is 24.9 Å². The number of para-hydroxylation sites is 1. The fourth-order valence-electron chi connectivity index (χ4n) is 6.79. The molecule has 1 aromatic rings. The number of nitrogens with one attached hydrogen (secondary N) is 1. The molecule has 0 radical (unpaired) electrons. The zero-order chi connectivity index (χ0) is 20.6. The van der Waals surface area contributed by atoms with Crippen molar-refractivity contribution in [1.82, 2.24) is 10.2 Å². The summed E-state index contributed by atoms with van der Waals surface area (Å²) in [6.07, 6.45) is 10.5. The van der Waals surface area contributed by atoms with Gasteiger partial charge in [-0.3, -0.25) is 14.5 Å². The zero-order valence-electron chi connectivity index (χ0n) is 18.0. The van der Waals surface area contributed by atoms with Crippen LogP contribution in [-0.2, 0) is 9.59 Å². The summed E-state index contributed by atoms with van der Waals surface area (Å²) in [6, 6.07) is 10.2. The van der Waals surface area contributed by atoms with Crippen LogP contribution >= 0.6 is 0 Å². The van der Waals surface area contributed by atoms with Crippen molar-refractivity contribution in [1.29, 1.82) is 0 Å². The number of fused-ring (bicyclic) bond motifs is 1. The summed E-state index contributed by atoms with van der Waals surface area (Å²) in [5.41, 5.74) is 0.645. The molecule has 4 fully saturated rings. The van der Waals surface area contributed by atoms with E-state index in [1.165, 1.54) is 38.5 Å². The lowest BCUT2D eigenvalue weighted by Crippen LogP contribution is -2.57. The summed E-state index contributed by atoms with van der Waals surface area (Å²) in [6.45, 7) is 2.80. The minimum absolute atomic E-state index is 0.148. The minimum atomic E-state index is -0.458. The summed E-state index contributed by atoms with van der Waals surface area (Å²) in [4.78, 5) is 30.6. The van der Waals surface area contributed by atoms with Gasteiger partial charge in [0.1, 0.15) is 11.3 Å². The summed E-state index contributed by atoms with van der Waals surface area (Å²) < 4.78 is 0. The van der Waals surface area contributed by atoms with Gasteiger partial charge in [-0.05, 0) is 49.7 Å². The third-order valence-corrected chi connectivity index (χ3v) is 8.46. The molecule has 0 bridgehead atoms. The molecule has 3 unspecified atom stereocenters. The summed E-state index contributed by atoms with van der Waals surface area (Å²) in [7, 11) is 0. The lowest BCUT2D eigenvalue weighted by molar-refractivity contribution is -0.129. The molecule has 2 saturated carbocycles. The smallest absolute Gasteiger partial charge is 0.247 e. The second-order valence-corrected chi connectivity index (χ2v) is 9.95. The summed E-state index contributed by atoms with van der Waals surface area (Å²) in [5, 5.41) is 3.07. The molecule has 2 aliphatic carbocycles. The number of nitrogens with zero attached hydrogens (tertiary/aromatic N) is 2. The number of rotatable bonds is 4. The molecule has 2 aliphatic heterocycles. The molecule has 2 heterocycles. The largest absolute Gasteiger partial charge is 0.339 e. The Balaban J connectivity index is 1.22. The molecule has 30 heavy (non-hydrogen) atoms. The highest BCUT2D eigenvalue weighted by atomic mass is 16.2. The Morgan fingerprint density at radius 1 is 1.00 bits per heavy atom. The van der Waals surface area contributed by atoms with Crippen LogP contribution in [0.25, 0.3) is 0 Å². The zero-order valence-corrected chi connectivity index (χ0v) is 18.0. The Morgan fingerprint density at radius 3 is 2.53 bits per heavy atom. The quantitative estimate of drug-likeness (QED) is 0.826. The molecule has 5 nitrogen and oxygen atoms in total. The highest BCUT2D eigenvalue weighted by Crippen LogP contribution is 2.44. The molecule has 4 aliphatic rings. The van der Waals surface area contributed by atoms with Gasteiger partial charge in [0, 0.05) is 24.7 Å². The van der Waals surface area contributed by atoms with Crippen molar-refractivity contribution < 1.29 is 9.59 Å². The van der Waals surface area contributed by atoms with Crippen LogP contribution in [0.5, 0.6) is 0 Å². The Morgan fingerprint density at radius 2 is 1.73 bits per heavy atom. The van der Waals surface area contributed by atoms with Crippen LogP contribution in [0.15, 0.2) is 30.3 Å². The lowest BCUT2D eigenvalue weighted by Gasteiger charge is -2.44. The first kappa shape index (κ1) is 20.0. The van der Waals surface area contributed by atoms with Crippen molar-refractivity contribution in [2.75, 3.05) is 31.2 Å². The number of amides is 1. The highest BCUT2D eigenvalue weighted by molar-refractivity contribution is 5.93. The van der Waals surface area contributed by atoms with Crippen molar-refractivity contribution in [3.05, 3.63) is 30.3 Å². The first-order chi connectivity index (χ1) is 14.7. The molecule has 1 N–H and O–H groups in total. The summed E-state index contributed by atoms with van der Waals surface area (Å²) >= 11 is 0. The Kier molecular flexibility index (Phi) is 5.57. The molecular weight excluding hydrogens is 374 g/mol. The minimum Gasteiger partial charge on any atom is -0.339 e. The second kappa shape index (κ2) is 8.33. The Bertz CT molecular complexity index is 770. The predicted octanol–water partition coefficient (Wildman–Crippen LogP) is 3.59. The van der Waals surface area contributed by atoms with Gasteiger partial charge in [-0.2, -0.15) is 0 Å².